The van der Waals surface area contributed by atoms with Crippen LogP contribution in [-0.2, 0) is 9.53 Å². The molecule has 0 aliphatic carbocycles. The molecule has 1 saturated heterocycles. The van der Waals surface area contributed by atoms with Crippen molar-refractivity contribution in [2.75, 3.05) is 32.8 Å². The summed E-state index contributed by atoms with van der Waals surface area (Å²) < 4.78 is 5.74. The zero-order valence-electron chi connectivity index (χ0n) is 13.1. The average molecular weight is 300 g/mol. The number of amides is 3. The molecule has 0 radical (unpaired) electrons. The smallest absolute Gasteiger partial charge is 0.321 e. The van der Waals surface area contributed by atoms with Crippen molar-refractivity contribution < 1.29 is 14.3 Å². The van der Waals surface area contributed by atoms with Crippen LogP contribution in [0.15, 0.2) is 0 Å². The predicted octanol–water partition coefficient (Wildman–Crippen LogP) is 0.0504. The van der Waals surface area contributed by atoms with Gasteiger partial charge in [-0.2, -0.15) is 0 Å². The van der Waals surface area contributed by atoms with Crippen LogP contribution in [0.25, 0.3) is 0 Å². The number of hydrogen-bond acceptors (Lipinski definition) is 5. The predicted molar refractivity (Wildman–Crippen MR) is 80.9 cm³/mol. The van der Waals surface area contributed by atoms with Gasteiger partial charge in [0, 0.05) is 26.2 Å². The summed E-state index contributed by atoms with van der Waals surface area (Å²) in [4.78, 5) is 25.4. The summed E-state index contributed by atoms with van der Waals surface area (Å²) in [5.74, 6) is -0.261. The Morgan fingerprint density at radius 2 is 2.05 bits per heavy atom. The van der Waals surface area contributed by atoms with Gasteiger partial charge in [0.1, 0.15) is 0 Å². The lowest BCUT2D eigenvalue weighted by atomic mass is 10.1. The summed E-state index contributed by atoms with van der Waals surface area (Å²) in [5, 5.41) is 4.91. The van der Waals surface area contributed by atoms with E-state index in [0.717, 1.165) is 32.4 Å². The molecule has 1 rings (SSSR count). The number of nitrogens with two attached hydrogens (primary N) is 1. The summed E-state index contributed by atoms with van der Waals surface area (Å²) in [5.41, 5.74) is 5.44. The van der Waals surface area contributed by atoms with Crippen molar-refractivity contribution in [1.29, 1.82) is 0 Å². The molecule has 7 nitrogen and oxygen atoms in total. The number of nitrogens with one attached hydrogen (secondary N) is 2. The second-order valence-corrected chi connectivity index (χ2v) is 5.27. The molecule has 122 valence electrons. The van der Waals surface area contributed by atoms with E-state index in [2.05, 4.69) is 15.5 Å². The fraction of sp³-hybridized carbons (Fsp3) is 0.857. The Bertz CT molecular complexity index is 330. The fourth-order valence-corrected chi connectivity index (χ4v) is 2.35. The molecular formula is C14H28N4O3. The Morgan fingerprint density at radius 1 is 1.38 bits per heavy atom. The molecule has 0 aromatic carbocycles. The second-order valence-electron chi connectivity index (χ2n) is 5.27. The minimum atomic E-state index is -0.436. The Kier molecular flexibility index (Phi) is 8.26. The van der Waals surface area contributed by atoms with Crippen LogP contribution in [0.1, 0.15) is 33.1 Å². The summed E-state index contributed by atoms with van der Waals surface area (Å²) in [6.07, 6.45) is 2.95. The van der Waals surface area contributed by atoms with Gasteiger partial charge in [0.05, 0.1) is 12.1 Å². The number of piperidine rings is 1. The first-order chi connectivity index (χ1) is 10.1. The summed E-state index contributed by atoms with van der Waals surface area (Å²) in [6, 6.07) is -0.744. The molecule has 0 aromatic heterocycles. The lowest BCUT2D eigenvalue weighted by Gasteiger charge is -2.35. The van der Waals surface area contributed by atoms with Crippen molar-refractivity contribution in [2.45, 2.75) is 45.3 Å². The van der Waals surface area contributed by atoms with Crippen molar-refractivity contribution in [3.05, 3.63) is 0 Å². The third-order valence-corrected chi connectivity index (χ3v) is 3.68. The van der Waals surface area contributed by atoms with Gasteiger partial charge >= 0.3 is 6.03 Å². The van der Waals surface area contributed by atoms with E-state index >= 15 is 0 Å². The van der Waals surface area contributed by atoms with Gasteiger partial charge in [0.2, 0.25) is 5.91 Å². The zero-order valence-corrected chi connectivity index (χ0v) is 13.1. The number of rotatable bonds is 7. The van der Waals surface area contributed by atoms with E-state index < -0.39 is 6.03 Å². The van der Waals surface area contributed by atoms with E-state index in [4.69, 9.17) is 10.5 Å². The minimum Gasteiger partial charge on any atom is -0.378 e. The minimum absolute atomic E-state index is 0.256. The largest absolute Gasteiger partial charge is 0.378 e. The lowest BCUT2D eigenvalue weighted by Crippen LogP contribution is -2.52. The standard InChI is InChI=1S/C14H28N4O3/c1-3-16-14(20)17-13(19)11(2)18-8-5-12(6-9-18)21-10-4-7-15/h11-12H,3-10,15H2,1-2H3,(H2,16,17,19,20). The molecule has 1 atom stereocenters. The fourth-order valence-electron chi connectivity index (χ4n) is 2.35. The Morgan fingerprint density at radius 3 is 2.62 bits per heavy atom. The highest BCUT2D eigenvalue weighted by molar-refractivity contribution is 5.96. The van der Waals surface area contributed by atoms with Gasteiger partial charge in [-0.3, -0.25) is 15.0 Å². The number of urea groups is 1. The number of likely N-dealkylation sites (tertiary alicyclic amines) is 1. The van der Waals surface area contributed by atoms with Crippen LogP contribution < -0.4 is 16.4 Å². The number of nitrogens with zero attached hydrogens (tertiary/aromatic N) is 1. The van der Waals surface area contributed by atoms with Crippen molar-refractivity contribution in [3.8, 4) is 0 Å². The number of imide groups is 1. The molecule has 0 spiro atoms. The molecule has 21 heavy (non-hydrogen) atoms. The van der Waals surface area contributed by atoms with E-state index in [9.17, 15) is 9.59 Å². The summed E-state index contributed by atoms with van der Waals surface area (Å²) >= 11 is 0. The summed E-state index contributed by atoms with van der Waals surface area (Å²) in [6.45, 7) is 7.09. The van der Waals surface area contributed by atoms with Gasteiger partial charge in [-0.1, -0.05) is 0 Å². The molecule has 1 unspecified atom stereocenters. The molecule has 4 N–H and O–H groups in total. The monoisotopic (exact) mass is 300 g/mol. The highest BCUT2D eigenvalue weighted by Crippen LogP contribution is 2.16. The van der Waals surface area contributed by atoms with Crippen molar-refractivity contribution in [1.82, 2.24) is 15.5 Å². The van der Waals surface area contributed by atoms with E-state index in [1.54, 1.807) is 0 Å². The van der Waals surface area contributed by atoms with Crippen LogP contribution >= 0.6 is 0 Å². The number of ether oxygens (including phenoxy) is 1. The van der Waals surface area contributed by atoms with Crippen molar-refractivity contribution >= 4 is 11.9 Å². The second kappa shape index (κ2) is 9.70. The molecule has 1 aliphatic rings. The normalized spacial score (nSPS) is 18.2. The van der Waals surface area contributed by atoms with Crippen LogP contribution in [0.2, 0.25) is 0 Å². The van der Waals surface area contributed by atoms with Gasteiger partial charge < -0.3 is 15.8 Å². The van der Waals surface area contributed by atoms with Crippen molar-refractivity contribution in [3.63, 3.8) is 0 Å². The zero-order chi connectivity index (χ0) is 15.7. The summed E-state index contributed by atoms with van der Waals surface area (Å²) in [7, 11) is 0. The first kappa shape index (κ1) is 17.9. The highest BCUT2D eigenvalue weighted by Gasteiger charge is 2.27. The van der Waals surface area contributed by atoms with Crippen LogP contribution in [0.4, 0.5) is 4.79 Å². The Labute approximate surface area is 126 Å². The maximum absolute atomic E-state index is 12.0. The van der Waals surface area contributed by atoms with Gasteiger partial charge in [0.15, 0.2) is 0 Å². The molecule has 0 saturated carbocycles. The van der Waals surface area contributed by atoms with Crippen LogP contribution in [0.3, 0.4) is 0 Å². The number of carbonyl (C=O) groups excluding carboxylic acids is 2. The third kappa shape index (κ3) is 6.41. The molecule has 0 aromatic rings. The highest BCUT2D eigenvalue weighted by atomic mass is 16.5. The molecule has 1 fully saturated rings. The Balaban J connectivity index is 2.29. The van der Waals surface area contributed by atoms with Gasteiger partial charge in [-0.05, 0) is 39.7 Å². The maximum Gasteiger partial charge on any atom is 0.321 e. The third-order valence-electron chi connectivity index (χ3n) is 3.68. The van der Waals surface area contributed by atoms with Crippen LogP contribution in [0.5, 0.6) is 0 Å². The number of carbonyl (C=O) groups is 2. The van der Waals surface area contributed by atoms with E-state index in [1.807, 2.05) is 13.8 Å². The van der Waals surface area contributed by atoms with Crippen LogP contribution in [0, 0.1) is 0 Å². The molecule has 1 aliphatic heterocycles. The van der Waals surface area contributed by atoms with Crippen LogP contribution in [-0.4, -0.2) is 61.8 Å². The quantitative estimate of drug-likeness (QED) is 0.577. The molecule has 3 amide bonds. The van der Waals surface area contributed by atoms with Gasteiger partial charge in [-0.15, -0.1) is 0 Å². The van der Waals surface area contributed by atoms with E-state index in [0.29, 0.717) is 19.7 Å². The van der Waals surface area contributed by atoms with Gasteiger partial charge in [-0.25, -0.2) is 4.79 Å². The first-order valence-electron chi connectivity index (χ1n) is 7.72. The molecule has 1 heterocycles. The lowest BCUT2D eigenvalue weighted by molar-refractivity contribution is -0.125. The SMILES string of the molecule is CCNC(=O)NC(=O)C(C)N1CCC(OCCCN)CC1. The van der Waals surface area contributed by atoms with Gasteiger partial charge in [0.25, 0.3) is 0 Å². The average Bonchev–Trinajstić information content (AvgIpc) is 2.47. The maximum atomic E-state index is 12.0. The Hall–Kier alpha value is -1.18. The first-order valence-corrected chi connectivity index (χ1v) is 7.72. The molecular weight excluding hydrogens is 272 g/mol. The van der Waals surface area contributed by atoms with E-state index in [-0.39, 0.29) is 18.1 Å². The van der Waals surface area contributed by atoms with E-state index in [1.165, 1.54) is 0 Å². The topological polar surface area (TPSA) is 96.7 Å². The number of hydrogen-bond donors (Lipinski definition) is 3. The molecule has 0 bridgehead atoms. The van der Waals surface area contributed by atoms with Crippen molar-refractivity contribution in [2.24, 2.45) is 5.73 Å². The molecule has 7 heteroatoms.